The first kappa shape index (κ1) is 24.0. The van der Waals surface area contributed by atoms with Gasteiger partial charge in [0.1, 0.15) is 17.6 Å². The van der Waals surface area contributed by atoms with E-state index in [-0.39, 0.29) is 17.9 Å². The molecular weight excluding hydrogens is 498 g/mol. The number of aliphatic carboxylic acids is 1. The van der Waals surface area contributed by atoms with Gasteiger partial charge in [-0.15, -0.1) is 0 Å². The van der Waals surface area contributed by atoms with E-state index in [9.17, 15) is 9.59 Å². The third kappa shape index (κ3) is 5.00. The molecule has 3 aromatic heterocycles. The molecule has 5 rings (SSSR count). The normalized spacial score (nSPS) is 11.8. The van der Waals surface area contributed by atoms with Crippen LogP contribution in [0, 0.1) is 0 Å². The number of carbonyl (C=O) groups is 2. The number of amides is 1. The molecule has 0 fully saturated rings. The maximum absolute atomic E-state index is 12.6. The lowest BCUT2D eigenvalue weighted by Crippen LogP contribution is -2.16. The standard InChI is InChI=1S/C26H20ClN5O5/c1-15(18-4-2-3-5-20(18)27)36-26(35)31-21-14-30-37-23(21)19-13-29-24(32-11-10-28-25(19)32)17-8-6-16(7-9-17)12-22(33)34/h2-11,13-15H,12H2,1H3,(H,31,35)(H,33,34). The molecule has 2 aromatic carbocycles. The average Bonchev–Trinajstić information content (AvgIpc) is 3.54. The fraction of sp³-hybridized carbons (Fsp3) is 0.115. The number of carboxylic acid groups (broad SMARTS) is 1. The molecule has 11 heteroatoms. The number of nitrogens with one attached hydrogen (secondary N) is 1. The molecule has 1 atom stereocenters. The predicted molar refractivity (Wildman–Crippen MR) is 135 cm³/mol. The highest BCUT2D eigenvalue weighted by Crippen LogP contribution is 2.33. The minimum Gasteiger partial charge on any atom is -0.481 e. The second-order valence-corrected chi connectivity index (χ2v) is 8.55. The van der Waals surface area contributed by atoms with Crippen LogP contribution in [0.5, 0.6) is 0 Å². The minimum absolute atomic E-state index is 0.0615. The van der Waals surface area contributed by atoms with Crippen LogP contribution < -0.4 is 5.32 Å². The van der Waals surface area contributed by atoms with Crippen LogP contribution in [-0.4, -0.2) is 36.7 Å². The van der Waals surface area contributed by atoms with Crippen molar-refractivity contribution in [2.75, 3.05) is 5.32 Å². The second kappa shape index (κ2) is 10.1. The number of rotatable bonds is 7. The molecule has 2 N–H and O–H groups in total. The molecule has 10 nitrogen and oxygen atoms in total. The number of carboxylic acids is 1. The first-order chi connectivity index (χ1) is 17.9. The molecule has 0 aliphatic heterocycles. The number of anilines is 1. The van der Waals surface area contributed by atoms with Gasteiger partial charge in [0.25, 0.3) is 0 Å². The van der Waals surface area contributed by atoms with Crippen molar-refractivity contribution in [3.63, 3.8) is 0 Å². The lowest BCUT2D eigenvalue weighted by atomic mass is 10.1. The van der Waals surface area contributed by atoms with Crippen LogP contribution in [0.1, 0.15) is 24.2 Å². The molecule has 1 unspecified atom stereocenters. The van der Waals surface area contributed by atoms with E-state index < -0.39 is 18.2 Å². The van der Waals surface area contributed by atoms with Crippen molar-refractivity contribution >= 4 is 35.0 Å². The van der Waals surface area contributed by atoms with Gasteiger partial charge in [0.15, 0.2) is 11.4 Å². The van der Waals surface area contributed by atoms with Gasteiger partial charge in [-0.1, -0.05) is 59.2 Å². The SMILES string of the molecule is CC(OC(=O)Nc1cnoc1-c1cnc(-c2ccc(CC(=O)O)cc2)n2ccnc12)c1ccccc1Cl. The minimum atomic E-state index is -0.897. The van der Waals surface area contributed by atoms with Gasteiger partial charge in [0.2, 0.25) is 0 Å². The predicted octanol–water partition coefficient (Wildman–Crippen LogP) is 5.64. The Labute approximate surface area is 215 Å². The number of ether oxygens (including phenoxy) is 1. The molecule has 0 radical (unpaired) electrons. The van der Waals surface area contributed by atoms with Gasteiger partial charge in [0, 0.05) is 34.7 Å². The highest BCUT2D eigenvalue weighted by Gasteiger charge is 2.21. The average molecular weight is 518 g/mol. The number of carbonyl (C=O) groups excluding carboxylic acids is 1. The summed E-state index contributed by atoms with van der Waals surface area (Å²) < 4.78 is 12.7. The van der Waals surface area contributed by atoms with Crippen molar-refractivity contribution in [3.05, 3.63) is 89.5 Å². The monoisotopic (exact) mass is 517 g/mol. The van der Waals surface area contributed by atoms with Crippen LogP contribution in [0.15, 0.2) is 77.8 Å². The number of benzene rings is 2. The fourth-order valence-electron chi connectivity index (χ4n) is 3.93. The van der Waals surface area contributed by atoms with Crippen LogP contribution in [0.3, 0.4) is 0 Å². The number of imidazole rings is 1. The number of hydrogen-bond donors (Lipinski definition) is 2. The van der Waals surface area contributed by atoms with E-state index in [0.29, 0.717) is 33.2 Å². The van der Waals surface area contributed by atoms with Crippen LogP contribution in [0.2, 0.25) is 5.02 Å². The van der Waals surface area contributed by atoms with E-state index in [0.717, 1.165) is 5.56 Å². The first-order valence-electron chi connectivity index (χ1n) is 11.2. The van der Waals surface area contributed by atoms with E-state index in [1.807, 2.05) is 6.07 Å². The quantitative estimate of drug-likeness (QED) is 0.283. The Balaban J connectivity index is 1.40. The maximum Gasteiger partial charge on any atom is 0.412 e. The Kier molecular flexibility index (Phi) is 6.57. The molecule has 186 valence electrons. The van der Waals surface area contributed by atoms with Gasteiger partial charge < -0.3 is 14.4 Å². The van der Waals surface area contributed by atoms with Gasteiger partial charge >= 0.3 is 12.1 Å². The zero-order valence-corrected chi connectivity index (χ0v) is 20.2. The molecule has 0 saturated heterocycles. The highest BCUT2D eigenvalue weighted by molar-refractivity contribution is 6.31. The maximum atomic E-state index is 12.6. The topological polar surface area (TPSA) is 132 Å². The van der Waals surface area contributed by atoms with Gasteiger partial charge in [0.05, 0.1) is 18.2 Å². The third-order valence-corrected chi connectivity index (χ3v) is 6.02. The van der Waals surface area contributed by atoms with Crippen LogP contribution in [-0.2, 0) is 16.0 Å². The smallest absolute Gasteiger partial charge is 0.412 e. The summed E-state index contributed by atoms with van der Waals surface area (Å²) in [6.07, 6.45) is 4.95. The van der Waals surface area contributed by atoms with Crippen molar-refractivity contribution in [3.8, 4) is 22.7 Å². The summed E-state index contributed by atoms with van der Waals surface area (Å²) in [7, 11) is 0. The van der Waals surface area contributed by atoms with Crippen molar-refractivity contribution in [2.24, 2.45) is 0 Å². The number of nitrogens with zero attached hydrogens (tertiary/aromatic N) is 4. The zero-order chi connectivity index (χ0) is 25.9. The van der Waals surface area contributed by atoms with Crippen molar-refractivity contribution in [2.45, 2.75) is 19.4 Å². The second-order valence-electron chi connectivity index (χ2n) is 8.15. The molecule has 5 aromatic rings. The Bertz CT molecular complexity index is 1590. The lowest BCUT2D eigenvalue weighted by Gasteiger charge is -2.15. The molecule has 37 heavy (non-hydrogen) atoms. The van der Waals surface area contributed by atoms with Crippen LogP contribution >= 0.6 is 11.6 Å². The van der Waals surface area contributed by atoms with Crippen LogP contribution in [0.25, 0.3) is 28.4 Å². The molecule has 0 aliphatic rings. The van der Waals surface area contributed by atoms with E-state index in [1.165, 1.54) is 6.20 Å². The van der Waals surface area contributed by atoms with Gasteiger partial charge in [-0.05, 0) is 18.6 Å². The van der Waals surface area contributed by atoms with Crippen LogP contribution in [0.4, 0.5) is 10.5 Å². The highest BCUT2D eigenvalue weighted by atomic mass is 35.5. The molecule has 1 amide bonds. The van der Waals surface area contributed by atoms with Gasteiger partial charge in [-0.2, -0.15) is 0 Å². The molecule has 0 aliphatic carbocycles. The number of halogens is 1. The molecule has 0 saturated carbocycles. The number of aromatic nitrogens is 4. The van der Waals surface area contributed by atoms with E-state index in [2.05, 4.69) is 20.4 Å². The summed E-state index contributed by atoms with van der Waals surface area (Å²) in [6, 6.07) is 14.2. The fourth-order valence-corrected chi connectivity index (χ4v) is 4.22. The molecule has 0 bridgehead atoms. The number of fused-ring (bicyclic) bond motifs is 1. The van der Waals surface area contributed by atoms with E-state index in [4.69, 9.17) is 26.0 Å². The molecular formula is C26H20ClN5O5. The summed E-state index contributed by atoms with van der Waals surface area (Å²) in [5, 5.41) is 16.0. The largest absolute Gasteiger partial charge is 0.481 e. The van der Waals surface area contributed by atoms with Gasteiger partial charge in [-0.25, -0.2) is 14.8 Å². The summed E-state index contributed by atoms with van der Waals surface area (Å²) in [5.41, 5.74) is 3.45. The summed E-state index contributed by atoms with van der Waals surface area (Å²) >= 11 is 6.20. The number of hydrogen-bond acceptors (Lipinski definition) is 7. The molecule has 3 heterocycles. The Hall–Kier alpha value is -4.70. The Morgan fingerprint density at radius 1 is 1.14 bits per heavy atom. The Morgan fingerprint density at radius 3 is 2.68 bits per heavy atom. The lowest BCUT2D eigenvalue weighted by molar-refractivity contribution is -0.136. The zero-order valence-electron chi connectivity index (χ0n) is 19.5. The first-order valence-corrected chi connectivity index (χ1v) is 11.6. The Morgan fingerprint density at radius 2 is 1.92 bits per heavy atom. The van der Waals surface area contributed by atoms with Gasteiger partial charge in [-0.3, -0.25) is 14.5 Å². The van der Waals surface area contributed by atoms with Crippen molar-refractivity contribution in [1.82, 2.24) is 19.5 Å². The third-order valence-electron chi connectivity index (χ3n) is 5.67. The van der Waals surface area contributed by atoms with E-state index >= 15 is 0 Å². The van der Waals surface area contributed by atoms with Crippen molar-refractivity contribution in [1.29, 1.82) is 0 Å². The van der Waals surface area contributed by atoms with Crippen molar-refractivity contribution < 1.29 is 24.0 Å². The molecule has 0 spiro atoms. The summed E-state index contributed by atoms with van der Waals surface area (Å²) in [4.78, 5) is 32.6. The van der Waals surface area contributed by atoms with E-state index in [1.54, 1.807) is 72.4 Å². The summed E-state index contributed by atoms with van der Waals surface area (Å²) in [5.74, 6) is -0.0413. The summed E-state index contributed by atoms with van der Waals surface area (Å²) in [6.45, 7) is 1.72.